The molecule has 0 aliphatic carbocycles. The fourth-order valence-corrected chi connectivity index (χ4v) is 3.05. The van der Waals surface area contributed by atoms with Gasteiger partial charge in [0.15, 0.2) is 0 Å². The van der Waals surface area contributed by atoms with E-state index in [1.54, 1.807) is 11.8 Å². The van der Waals surface area contributed by atoms with Crippen molar-refractivity contribution in [2.75, 3.05) is 31.2 Å². The highest BCUT2D eigenvalue weighted by Gasteiger charge is 2.26. The molecule has 1 saturated heterocycles. The van der Waals surface area contributed by atoms with Crippen LogP contribution in [0.4, 0.5) is 5.69 Å². The number of nitrogens with one attached hydrogen (secondary N) is 2. The molecule has 0 spiro atoms. The Labute approximate surface area is 119 Å². The number of nitriles is 1. The molecule has 1 aliphatic rings. The van der Waals surface area contributed by atoms with Crippen LogP contribution in [0.3, 0.4) is 0 Å². The lowest BCUT2D eigenvalue weighted by Crippen LogP contribution is -2.39. The second-order valence-electron chi connectivity index (χ2n) is 5.41. The molecule has 1 fully saturated rings. The van der Waals surface area contributed by atoms with E-state index in [0.29, 0.717) is 5.41 Å². The van der Waals surface area contributed by atoms with Crippen LogP contribution in [-0.2, 0) is 0 Å². The van der Waals surface area contributed by atoms with Crippen LogP contribution in [0, 0.1) is 16.7 Å². The van der Waals surface area contributed by atoms with Gasteiger partial charge in [0.1, 0.15) is 6.07 Å². The normalized spacial score (nSPS) is 17.7. The molecule has 0 saturated carbocycles. The third-order valence-corrected chi connectivity index (χ3v) is 4.65. The Morgan fingerprint density at radius 3 is 2.79 bits per heavy atom. The summed E-state index contributed by atoms with van der Waals surface area (Å²) >= 11 is 1.62. The van der Waals surface area contributed by atoms with Gasteiger partial charge in [-0.15, -0.1) is 11.8 Å². The van der Waals surface area contributed by atoms with Crippen LogP contribution < -0.4 is 10.6 Å². The first-order valence-electron chi connectivity index (χ1n) is 6.70. The first-order chi connectivity index (χ1) is 9.18. The van der Waals surface area contributed by atoms with Crippen molar-refractivity contribution >= 4 is 17.4 Å². The highest BCUT2D eigenvalue weighted by atomic mass is 32.2. The topological polar surface area (TPSA) is 47.8 Å². The van der Waals surface area contributed by atoms with Crippen molar-refractivity contribution in [1.82, 2.24) is 5.32 Å². The van der Waals surface area contributed by atoms with Gasteiger partial charge in [-0.05, 0) is 49.7 Å². The van der Waals surface area contributed by atoms with Gasteiger partial charge in [0, 0.05) is 11.4 Å². The highest BCUT2D eigenvalue weighted by Crippen LogP contribution is 2.31. The van der Waals surface area contributed by atoms with E-state index in [-0.39, 0.29) is 0 Å². The molecule has 102 valence electrons. The summed E-state index contributed by atoms with van der Waals surface area (Å²) in [6, 6.07) is 8.34. The molecule has 1 aromatic rings. The summed E-state index contributed by atoms with van der Waals surface area (Å²) in [6.07, 6.45) is 4.38. The molecule has 4 heteroatoms. The minimum Gasteiger partial charge on any atom is -0.383 e. The average molecular weight is 275 g/mol. The van der Waals surface area contributed by atoms with E-state index in [0.717, 1.165) is 35.8 Å². The van der Waals surface area contributed by atoms with Crippen molar-refractivity contribution in [3.8, 4) is 6.07 Å². The molecule has 19 heavy (non-hydrogen) atoms. The van der Waals surface area contributed by atoms with Crippen LogP contribution in [0.15, 0.2) is 23.1 Å². The first kappa shape index (κ1) is 14.2. The van der Waals surface area contributed by atoms with Gasteiger partial charge in [-0.2, -0.15) is 5.26 Å². The molecule has 0 aromatic heterocycles. The lowest BCUT2D eigenvalue weighted by molar-refractivity contribution is 0.247. The molecule has 3 nitrogen and oxygen atoms in total. The predicted molar refractivity (Wildman–Crippen MR) is 81.6 cm³/mol. The molecule has 0 radical (unpaired) electrons. The Morgan fingerprint density at radius 1 is 1.42 bits per heavy atom. The van der Waals surface area contributed by atoms with E-state index in [9.17, 15) is 5.26 Å². The molecule has 0 bridgehead atoms. The molecule has 2 rings (SSSR count). The number of anilines is 1. The first-order valence-corrected chi connectivity index (χ1v) is 7.93. The van der Waals surface area contributed by atoms with E-state index >= 15 is 0 Å². The maximum atomic E-state index is 9.32. The van der Waals surface area contributed by atoms with Gasteiger partial charge in [0.05, 0.1) is 11.3 Å². The predicted octanol–water partition coefficient (Wildman–Crippen LogP) is 3.08. The summed E-state index contributed by atoms with van der Waals surface area (Å²) in [5, 5.41) is 16.2. The third-order valence-electron chi connectivity index (χ3n) is 3.87. The quantitative estimate of drug-likeness (QED) is 0.829. The van der Waals surface area contributed by atoms with Gasteiger partial charge in [0.25, 0.3) is 0 Å². The van der Waals surface area contributed by atoms with Crippen molar-refractivity contribution in [3.05, 3.63) is 23.8 Å². The molecule has 0 amide bonds. The van der Waals surface area contributed by atoms with Crippen LogP contribution in [0.25, 0.3) is 0 Å². The van der Waals surface area contributed by atoms with Gasteiger partial charge < -0.3 is 10.6 Å². The van der Waals surface area contributed by atoms with Gasteiger partial charge in [-0.3, -0.25) is 0 Å². The maximum absolute atomic E-state index is 9.32. The monoisotopic (exact) mass is 275 g/mol. The number of hydrogen-bond acceptors (Lipinski definition) is 4. The number of nitrogens with zero attached hydrogens (tertiary/aromatic N) is 1. The van der Waals surface area contributed by atoms with Crippen molar-refractivity contribution in [1.29, 1.82) is 5.26 Å². The van der Waals surface area contributed by atoms with Crippen LogP contribution in [0.1, 0.15) is 25.3 Å². The van der Waals surface area contributed by atoms with E-state index in [1.165, 1.54) is 12.8 Å². The Kier molecular flexibility index (Phi) is 4.73. The maximum Gasteiger partial charge on any atom is 0.102 e. The van der Waals surface area contributed by atoms with Crippen LogP contribution in [-0.4, -0.2) is 25.9 Å². The third kappa shape index (κ3) is 3.43. The van der Waals surface area contributed by atoms with Gasteiger partial charge in [-0.25, -0.2) is 0 Å². The molecule has 0 unspecified atom stereocenters. The number of rotatable bonds is 4. The largest absolute Gasteiger partial charge is 0.383 e. The van der Waals surface area contributed by atoms with Crippen molar-refractivity contribution in [2.24, 2.45) is 5.41 Å². The Bertz CT molecular complexity index is 473. The van der Waals surface area contributed by atoms with E-state index in [1.807, 2.05) is 24.5 Å². The molecule has 0 atom stereocenters. The van der Waals surface area contributed by atoms with Gasteiger partial charge in [0.2, 0.25) is 0 Å². The smallest absolute Gasteiger partial charge is 0.102 e. The average Bonchev–Trinajstić information content (AvgIpc) is 2.45. The fourth-order valence-electron chi connectivity index (χ4n) is 2.48. The summed E-state index contributed by atoms with van der Waals surface area (Å²) in [6.45, 7) is 5.44. The number of thioether (sulfide) groups is 1. The van der Waals surface area contributed by atoms with Crippen LogP contribution in [0.5, 0.6) is 0 Å². The molecular formula is C15H21N3S. The van der Waals surface area contributed by atoms with E-state index in [4.69, 9.17) is 0 Å². The summed E-state index contributed by atoms with van der Waals surface area (Å²) in [5.74, 6) is 0. The standard InChI is InChI=1S/C15H21N3S/c1-15(6-8-17-9-7-15)11-18-13-4-3-5-14(19-2)12(13)10-16/h3-5,17-18H,6-9,11H2,1-2H3. The van der Waals surface area contributed by atoms with Gasteiger partial charge >= 0.3 is 0 Å². The molecule has 2 N–H and O–H groups in total. The van der Waals surface area contributed by atoms with Crippen LogP contribution in [0.2, 0.25) is 0 Å². The summed E-state index contributed by atoms with van der Waals surface area (Å²) in [5.41, 5.74) is 2.06. The lowest BCUT2D eigenvalue weighted by atomic mass is 9.81. The highest BCUT2D eigenvalue weighted by molar-refractivity contribution is 7.98. The number of hydrogen-bond donors (Lipinski definition) is 2. The van der Waals surface area contributed by atoms with E-state index in [2.05, 4.69) is 23.6 Å². The molecule has 1 aromatic carbocycles. The van der Waals surface area contributed by atoms with Crippen molar-refractivity contribution < 1.29 is 0 Å². The zero-order chi connectivity index (χ0) is 13.7. The second-order valence-corrected chi connectivity index (χ2v) is 6.26. The lowest BCUT2D eigenvalue weighted by Gasteiger charge is -2.34. The number of benzene rings is 1. The van der Waals surface area contributed by atoms with E-state index < -0.39 is 0 Å². The molecular weight excluding hydrogens is 254 g/mol. The SMILES string of the molecule is CSc1cccc(NCC2(C)CCNCC2)c1C#N. The molecule has 1 aliphatic heterocycles. The van der Waals surface area contributed by atoms with Crippen molar-refractivity contribution in [2.45, 2.75) is 24.7 Å². The Morgan fingerprint density at radius 2 is 2.16 bits per heavy atom. The number of piperidine rings is 1. The minimum absolute atomic E-state index is 0.327. The zero-order valence-electron chi connectivity index (χ0n) is 11.6. The minimum atomic E-state index is 0.327. The second kappa shape index (κ2) is 6.31. The summed E-state index contributed by atoms with van der Waals surface area (Å²) in [4.78, 5) is 1.04. The van der Waals surface area contributed by atoms with Crippen molar-refractivity contribution in [3.63, 3.8) is 0 Å². The molecule has 1 heterocycles. The zero-order valence-corrected chi connectivity index (χ0v) is 12.4. The fraction of sp³-hybridized carbons (Fsp3) is 0.533. The summed E-state index contributed by atoms with van der Waals surface area (Å²) in [7, 11) is 0. The van der Waals surface area contributed by atoms with Gasteiger partial charge in [-0.1, -0.05) is 13.0 Å². The van der Waals surface area contributed by atoms with Crippen LogP contribution >= 0.6 is 11.8 Å². The summed E-state index contributed by atoms with van der Waals surface area (Å²) < 4.78 is 0. The Hall–Kier alpha value is -1.18. The Balaban J connectivity index is 2.09.